The fourth-order valence-electron chi connectivity index (χ4n) is 1.91. The van der Waals surface area contributed by atoms with Crippen molar-refractivity contribution in [3.8, 4) is 0 Å². The molecule has 132 valence electrons. The first-order chi connectivity index (χ1) is 12.2. The standard InChI is InChI=1S/C13H14N6O3S3.Na/c1-19-11(14)10(12(18-19)23-6-7-24-22-21-20)16-17-13-15-8-4-2-3-5-9(8)25-13;/h2-5,20H,6-7,14H2,1H3;/q;+1/p-1. The maximum absolute atomic E-state index is 9.74. The van der Waals surface area contributed by atoms with Gasteiger partial charge < -0.3 is 11.0 Å². The normalized spacial score (nSPS) is 11.3. The molecule has 0 spiro atoms. The predicted molar refractivity (Wildman–Crippen MR) is 96.8 cm³/mol. The molecule has 0 unspecified atom stereocenters. The van der Waals surface area contributed by atoms with E-state index in [9.17, 15) is 5.26 Å². The fraction of sp³-hybridized carbons (Fsp3) is 0.231. The van der Waals surface area contributed by atoms with Gasteiger partial charge in [0.2, 0.25) is 5.13 Å². The van der Waals surface area contributed by atoms with E-state index in [0.29, 0.717) is 33.2 Å². The van der Waals surface area contributed by atoms with Gasteiger partial charge in [0.15, 0.2) is 11.5 Å². The van der Waals surface area contributed by atoms with Gasteiger partial charge in [0.05, 0.1) is 10.2 Å². The van der Waals surface area contributed by atoms with E-state index in [1.807, 2.05) is 24.3 Å². The molecule has 0 atom stereocenters. The summed E-state index contributed by atoms with van der Waals surface area (Å²) in [5, 5.41) is 27.0. The zero-order valence-electron chi connectivity index (χ0n) is 14.0. The van der Waals surface area contributed by atoms with E-state index in [-0.39, 0.29) is 29.6 Å². The summed E-state index contributed by atoms with van der Waals surface area (Å²) in [5.74, 6) is 1.59. The van der Waals surface area contributed by atoms with Gasteiger partial charge in [-0.3, -0.25) is 5.04 Å². The Morgan fingerprint density at radius 1 is 1.31 bits per heavy atom. The third-order valence-electron chi connectivity index (χ3n) is 3.03. The topological polar surface area (TPSA) is 123 Å². The van der Waals surface area contributed by atoms with E-state index in [0.717, 1.165) is 22.3 Å². The van der Waals surface area contributed by atoms with Crippen LogP contribution in [0.4, 0.5) is 16.6 Å². The van der Waals surface area contributed by atoms with Crippen molar-refractivity contribution in [3.05, 3.63) is 24.3 Å². The first-order valence-corrected chi connectivity index (χ1v) is 9.71. The average Bonchev–Trinajstić information content (AvgIpc) is 3.14. The summed E-state index contributed by atoms with van der Waals surface area (Å²) < 4.78 is 6.80. The van der Waals surface area contributed by atoms with Crippen LogP contribution in [0.15, 0.2) is 39.5 Å². The third-order valence-corrected chi connectivity index (χ3v) is 5.69. The van der Waals surface area contributed by atoms with Crippen molar-refractivity contribution in [1.29, 1.82) is 0 Å². The van der Waals surface area contributed by atoms with Crippen molar-refractivity contribution in [2.45, 2.75) is 5.03 Å². The summed E-state index contributed by atoms with van der Waals surface area (Å²) in [6.07, 6.45) is 0. The van der Waals surface area contributed by atoms with Gasteiger partial charge >= 0.3 is 29.6 Å². The van der Waals surface area contributed by atoms with Crippen LogP contribution in [0, 0.1) is 0 Å². The van der Waals surface area contributed by atoms with Gasteiger partial charge in [-0.2, -0.15) is 9.43 Å². The molecule has 3 rings (SSSR count). The monoisotopic (exact) mass is 420 g/mol. The number of nitrogen functional groups attached to an aromatic ring is 1. The number of nitrogens with zero attached hydrogens (tertiary/aromatic N) is 5. The number of nitrogens with two attached hydrogens (primary N) is 1. The molecule has 2 heterocycles. The maximum atomic E-state index is 9.74. The average molecular weight is 420 g/mol. The Hall–Kier alpha value is -0.700. The molecule has 0 fully saturated rings. The molecular weight excluding hydrogens is 407 g/mol. The van der Waals surface area contributed by atoms with E-state index in [1.54, 1.807) is 11.7 Å². The first-order valence-electron chi connectivity index (χ1n) is 6.99. The van der Waals surface area contributed by atoms with Crippen LogP contribution >= 0.6 is 35.1 Å². The zero-order valence-corrected chi connectivity index (χ0v) is 18.4. The molecular formula is C13H13N6NaO3S3. The molecule has 0 bridgehead atoms. The SMILES string of the molecule is Cn1nc(SCCSOO[O-])c(N=Nc2nc3ccccc3s2)c1N.[Na+]. The summed E-state index contributed by atoms with van der Waals surface area (Å²) >= 11 is 3.80. The van der Waals surface area contributed by atoms with Crippen molar-refractivity contribution >= 4 is 62.0 Å². The number of para-hydroxylation sites is 1. The van der Waals surface area contributed by atoms with Gasteiger partial charge in [-0.15, -0.1) is 22.0 Å². The van der Waals surface area contributed by atoms with E-state index >= 15 is 0 Å². The molecule has 0 radical (unpaired) electrons. The molecule has 0 saturated carbocycles. The minimum absolute atomic E-state index is 0. The van der Waals surface area contributed by atoms with Gasteiger partial charge in [0.25, 0.3) is 0 Å². The van der Waals surface area contributed by atoms with Gasteiger partial charge in [-0.25, -0.2) is 9.67 Å². The third kappa shape index (κ3) is 5.41. The molecule has 26 heavy (non-hydrogen) atoms. The van der Waals surface area contributed by atoms with E-state index < -0.39 is 0 Å². The van der Waals surface area contributed by atoms with Crippen molar-refractivity contribution < 1.29 is 44.2 Å². The number of hydrogen-bond donors (Lipinski definition) is 1. The van der Waals surface area contributed by atoms with Crippen LogP contribution in [0.3, 0.4) is 0 Å². The van der Waals surface area contributed by atoms with E-state index in [4.69, 9.17) is 5.73 Å². The molecule has 1 aromatic carbocycles. The molecule has 13 heteroatoms. The van der Waals surface area contributed by atoms with Crippen LogP contribution in [0.5, 0.6) is 0 Å². The van der Waals surface area contributed by atoms with Crippen LogP contribution in [-0.4, -0.2) is 26.3 Å². The molecule has 0 aliphatic rings. The van der Waals surface area contributed by atoms with E-state index in [1.165, 1.54) is 23.1 Å². The molecule has 3 aromatic rings. The number of anilines is 1. The minimum atomic E-state index is 0. The summed E-state index contributed by atoms with van der Waals surface area (Å²) in [4.78, 5) is 4.41. The maximum Gasteiger partial charge on any atom is 1.00 e. The Morgan fingerprint density at radius 2 is 2.12 bits per heavy atom. The molecule has 0 amide bonds. The Labute approximate surface area is 183 Å². The molecule has 0 saturated heterocycles. The summed E-state index contributed by atoms with van der Waals surface area (Å²) in [7, 11) is 1.74. The number of thioether (sulfide) groups is 1. The number of aromatic nitrogens is 3. The van der Waals surface area contributed by atoms with Crippen molar-refractivity contribution in [2.75, 3.05) is 17.2 Å². The Bertz CT molecular complexity index is 854. The Morgan fingerprint density at radius 3 is 2.88 bits per heavy atom. The molecule has 2 aromatic heterocycles. The summed E-state index contributed by atoms with van der Waals surface area (Å²) in [6, 6.07) is 7.79. The second kappa shape index (κ2) is 10.6. The Kier molecular flexibility index (Phi) is 8.79. The first kappa shape index (κ1) is 21.6. The number of fused-ring (bicyclic) bond motifs is 1. The smallest absolute Gasteiger partial charge is 0.691 e. The molecule has 9 nitrogen and oxygen atoms in total. The molecule has 0 aliphatic heterocycles. The zero-order chi connectivity index (χ0) is 17.6. The van der Waals surface area contributed by atoms with Crippen molar-refractivity contribution in [1.82, 2.24) is 14.8 Å². The van der Waals surface area contributed by atoms with Crippen LogP contribution in [0.1, 0.15) is 0 Å². The van der Waals surface area contributed by atoms with Gasteiger partial charge in [0.1, 0.15) is 5.03 Å². The van der Waals surface area contributed by atoms with Gasteiger partial charge in [-0.05, 0) is 12.1 Å². The second-order valence-electron chi connectivity index (χ2n) is 4.63. The number of benzene rings is 1. The molecule has 0 aliphatic carbocycles. The van der Waals surface area contributed by atoms with Gasteiger partial charge in [-0.1, -0.05) is 23.5 Å². The number of aryl methyl sites for hydroxylation is 1. The second-order valence-corrected chi connectivity index (χ2v) is 7.51. The fourth-order valence-corrected chi connectivity index (χ4v) is 4.07. The van der Waals surface area contributed by atoms with Crippen molar-refractivity contribution in [3.63, 3.8) is 0 Å². The number of rotatable bonds is 8. The summed E-state index contributed by atoms with van der Waals surface area (Å²) in [6.45, 7) is 0. The van der Waals surface area contributed by atoms with Gasteiger partial charge in [0, 0.05) is 30.6 Å². The van der Waals surface area contributed by atoms with E-state index in [2.05, 4.69) is 29.7 Å². The van der Waals surface area contributed by atoms with Crippen LogP contribution in [0.2, 0.25) is 0 Å². The number of hydrogen-bond acceptors (Lipinski definition) is 11. The number of azo groups is 1. The Balaban J connectivity index is 0.00000243. The summed E-state index contributed by atoms with van der Waals surface area (Å²) in [5.41, 5.74) is 7.40. The van der Waals surface area contributed by atoms with Crippen LogP contribution in [-0.2, 0) is 16.4 Å². The van der Waals surface area contributed by atoms with Crippen molar-refractivity contribution in [2.24, 2.45) is 17.3 Å². The quantitative estimate of drug-likeness (QED) is 0.103. The molecule has 2 N–H and O–H groups in total. The van der Waals surface area contributed by atoms with Crippen LogP contribution < -0.4 is 40.5 Å². The minimum Gasteiger partial charge on any atom is -0.691 e. The number of thiazole rings is 1. The largest absolute Gasteiger partial charge is 1.00 e. The predicted octanol–water partition coefficient (Wildman–Crippen LogP) is -0.00480. The van der Waals surface area contributed by atoms with Crippen LogP contribution in [0.25, 0.3) is 10.2 Å².